The van der Waals surface area contributed by atoms with Crippen LogP contribution in [-0.2, 0) is 6.54 Å². The molecule has 2 heteroatoms. The van der Waals surface area contributed by atoms with Crippen molar-refractivity contribution in [1.29, 1.82) is 0 Å². The zero-order chi connectivity index (χ0) is 11.4. The third kappa shape index (κ3) is 3.06. The van der Waals surface area contributed by atoms with E-state index in [1.807, 2.05) is 0 Å². The number of piperidine rings is 1. The van der Waals surface area contributed by atoms with Gasteiger partial charge in [-0.15, -0.1) is 0 Å². The van der Waals surface area contributed by atoms with Crippen LogP contribution in [0.1, 0.15) is 25.3 Å². The van der Waals surface area contributed by atoms with E-state index in [2.05, 4.69) is 54.5 Å². The van der Waals surface area contributed by atoms with Crippen LogP contribution in [0.15, 0.2) is 30.3 Å². The van der Waals surface area contributed by atoms with Crippen LogP contribution in [0.4, 0.5) is 0 Å². The Morgan fingerprint density at radius 1 is 1.31 bits per heavy atom. The van der Waals surface area contributed by atoms with E-state index < -0.39 is 0 Å². The lowest BCUT2D eigenvalue weighted by Gasteiger charge is -2.35. The largest absolute Gasteiger partial charge is 0.310 e. The molecule has 0 aliphatic carbocycles. The van der Waals surface area contributed by atoms with Gasteiger partial charge in [-0.2, -0.15) is 0 Å². The Labute approximate surface area is 98.7 Å². The van der Waals surface area contributed by atoms with Gasteiger partial charge in [-0.1, -0.05) is 30.3 Å². The molecule has 0 amide bonds. The highest BCUT2D eigenvalue weighted by atomic mass is 15.1. The maximum atomic E-state index is 3.66. The second kappa shape index (κ2) is 5.46. The number of likely N-dealkylation sites (tertiary alicyclic amines) is 1. The van der Waals surface area contributed by atoms with Crippen molar-refractivity contribution in [2.75, 3.05) is 13.6 Å². The summed E-state index contributed by atoms with van der Waals surface area (Å²) in [6.45, 7) is 4.53. The molecule has 1 aromatic rings. The van der Waals surface area contributed by atoms with Crippen molar-refractivity contribution in [3.05, 3.63) is 35.9 Å². The first-order valence-electron chi connectivity index (χ1n) is 6.23. The van der Waals surface area contributed by atoms with E-state index in [1.165, 1.54) is 24.9 Å². The molecule has 2 nitrogen and oxygen atoms in total. The van der Waals surface area contributed by atoms with E-state index in [0.717, 1.165) is 6.54 Å². The second-order valence-corrected chi connectivity index (χ2v) is 4.92. The van der Waals surface area contributed by atoms with Crippen molar-refractivity contribution in [2.45, 2.75) is 38.4 Å². The summed E-state index contributed by atoms with van der Waals surface area (Å²) in [6, 6.07) is 12.0. The molecular weight excluding hydrogens is 196 g/mol. The standard InChI is InChI=1S/C14H22N2/c1-12-10-14(8-9-16(12)2)15-11-13-6-4-3-5-7-13/h3-7,12,14-15H,8-11H2,1-2H3. The number of hydrogen-bond donors (Lipinski definition) is 1. The average molecular weight is 218 g/mol. The molecule has 2 atom stereocenters. The highest BCUT2D eigenvalue weighted by Gasteiger charge is 2.21. The molecule has 0 radical (unpaired) electrons. The predicted octanol–water partition coefficient (Wildman–Crippen LogP) is 2.26. The van der Waals surface area contributed by atoms with Gasteiger partial charge in [0.2, 0.25) is 0 Å². The Kier molecular flexibility index (Phi) is 3.97. The topological polar surface area (TPSA) is 15.3 Å². The van der Waals surface area contributed by atoms with E-state index in [0.29, 0.717) is 12.1 Å². The highest BCUT2D eigenvalue weighted by Crippen LogP contribution is 2.15. The minimum Gasteiger partial charge on any atom is -0.310 e. The SMILES string of the molecule is CC1CC(NCc2ccccc2)CCN1C. The van der Waals surface area contributed by atoms with Crippen LogP contribution in [0.2, 0.25) is 0 Å². The molecule has 0 saturated carbocycles. The molecule has 1 aromatic carbocycles. The minimum absolute atomic E-state index is 0.686. The van der Waals surface area contributed by atoms with Crippen LogP contribution in [-0.4, -0.2) is 30.6 Å². The summed E-state index contributed by atoms with van der Waals surface area (Å²) < 4.78 is 0. The van der Waals surface area contributed by atoms with Crippen molar-refractivity contribution in [2.24, 2.45) is 0 Å². The summed E-state index contributed by atoms with van der Waals surface area (Å²) in [4.78, 5) is 2.45. The average Bonchev–Trinajstić information content (AvgIpc) is 2.32. The summed E-state index contributed by atoms with van der Waals surface area (Å²) in [5.74, 6) is 0. The molecule has 0 bridgehead atoms. The van der Waals surface area contributed by atoms with Gasteiger partial charge in [-0.05, 0) is 38.9 Å². The Morgan fingerprint density at radius 3 is 2.75 bits per heavy atom. The molecule has 16 heavy (non-hydrogen) atoms. The van der Waals surface area contributed by atoms with Gasteiger partial charge in [-0.25, -0.2) is 0 Å². The van der Waals surface area contributed by atoms with E-state index in [1.54, 1.807) is 0 Å². The highest BCUT2D eigenvalue weighted by molar-refractivity contribution is 5.14. The summed E-state index contributed by atoms with van der Waals surface area (Å²) >= 11 is 0. The molecule has 88 valence electrons. The number of rotatable bonds is 3. The molecule has 2 rings (SSSR count). The van der Waals surface area contributed by atoms with Crippen LogP contribution in [0, 0.1) is 0 Å². The molecule has 1 N–H and O–H groups in total. The fraction of sp³-hybridized carbons (Fsp3) is 0.571. The number of nitrogens with zero attached hydrogens (tertiary/aromatic N) is 1. The first kappa shape index (κ1) is 11.6. The van der Waals surface area contributed by atoms with Gasteiger partial charge in [0, 0.05) is 18.6 Å². The summed E-state index contributed by atoms with van der Waals surface area (Å²) in [6.07, 6.45) is 2.54. The van der Waals surface area contributed by atoms with Crippen LogP contribution < -0.4 is 5.32 Å². The third-order valence-corrected chi connectivity index (χ3v) is 3.65. The quantitative estimate of drug-likeness (QED) is 0.837. The Bertz CT molecular complexity index is 310. The Morgan fingerprint density at radius 2 is 2.06 bits per heavy atom. The predicted molar refractivity (Wildman–Crippen MR) is 68.4 cm³/mol. The van der Waals surface area contributed by atoms with E-state index >= 15 is 0 Å². The van der Waals surface area contributed by atoms with E-state index in [9.17, 15) is 0 Å². The number of benzene rings is 1. The lowest BCUT2D eigenvalue weighted by molar-refractivity contribution is 0.168. The van der Waals surface area contributed by atoms with Crippen molar-refractivity contribution in [3.63, 3.8) is 0 Å². The molecule has 1 heterocycles. The lowest BCUT2D eigenvalue weighted by atomic mass is 9.99. The molecule has 1 fully saturated rings. The first-order valence-corrected chi connectivity index (χ1v) is 6.23. The van der Waals surface area contributed by atoms with Crippen molar-refractivity contribution in [3.8, 4) is 0 Å². The third-order valence-electron chi connectivity index (χ3n) is 3.65. The Balaban J connectivity index is 1.79. The van der Waals surface area contributed by atoms with Crippen molar-refractivity contribution in [1.82, 2.24) is 10.2 Å². The maximum absolute atomic E-state index is 3.66. The molecular formula is C14H22N2. The van der Waals surface area contributed by atoms with Gasteiger partial charge in [-0.3, -0.25) is 0 Å². The van der Waals surface area contributed by atoms with Crippen molar-refractivity contribution < 1.29 is 0 Å². The summed E-state index contributed by atoms with van der Waals surface area (Å²) in [5, 5.41) is 3.66. The van der Waals surface area contributed by atoms with Gasteiger partial charge < -0.3 is 10.2 Å². The monoisotopic (exact) mass is 218 g/mol. The maximum Gasteiger partial charge on any atom is 0.0208 e. The zero-order valence-corrected chi connectivity index (χ0v) is 10.3. The zero-order valence-electron chi connectivity index (χ0n) is 10.3. The van der Waals surface area contributed by atoms with Gasteiger partial charge in [0.15, 0.2) is 0 Å². The normalized spacial score (nSPS) is 26.9. The molecule has 2 unspecified atom stereocenters. The summed E-state index contributed by atoms with van der Waals surface area (Å²) in [7, 11) is 2.22. The molecule has 1 aliphatic rings. The fourth-order valence-corrected chi connectivity index (χ4v) is 2.33. The van der Waals surface area contributed by atoms with Crippen LogP contribution in [0.25, 0.3) is 0 Å². The lowest BCUT2D eigenvalue weighted by Crippen LogP contribution is -2.45. The van der Waals surface area contributed by atoms with Gasteiger partial charge in [0.05, 0.1) is 0 Å². The van der Waals surface area contributed by atoms with Crippen LogP contribution in [0.3, 0.4) is 0 Å². The van der Waals surface area contributed by atoms with Gasteiger partial charge in [0.1, 0.15) is 0 Å². The first-order chi connectivity index (χ1) is 7.75. The van der Waals surface area contributed by atoms with Gasteiger partial charge >= 0.3 is 0 Å². The Hall–Kier alpha value is -0.860. The fourth-order valence-electron chi connectivity index (χ4n) is 2.33. The molecule has 1 aliphatic heterocycles. The minimum atomic E-state index is 0.686. The summed E-state index contributed by atoms with van der Waals surface area (Å²) in [5.41, 5.74) is 1.38. The van der Waals surface area contributed by atoms with E-state index in [-0.39, 0.29) is 0 Å². The van der Waals surface area contributed by atoms with Gasteiger partial charge in [0.25, 0.3) is 0 Å². The second-order valence-electron chi connectivity index (χ2n) is 4.92. The number of nitrogens with one attached hydrogen (secondary N) is 1. The molecule has 0 spiro atoms. The van der Waals surface area contributed by atoms with E-state index in [4.69, 9.17) is 0 Å². The van der Waals surface area contributed by atoms with Crippen LogP contribution in [0.5, 0.6) is 0 Å². The van der Waals surface area contributed by atoms with Crippen LogP contribution >= 0.6 is 0 Å². The molecule has 0 aromatic heterocycles. The molecule has 1 saturated heterocycles. The number of hydrogen-bond acceptors (Lipinski definition) is 2. The van der Waals surface area contributed by atoms with Crippen molar-refractivity contribution >= 4 is 0 Å². The smallest absolute Gasteiger partial charge is 0.0208 e.